The quantitative estimate of drug-likeness (QED) is 0.733. The highest BCUT2D eigenvalue weighted by Gasteiger charge is 2.07. The van der Waals surface area contributed by atoms with Crippen LogP contribution in [0.2, 0.25) is 0 Å². The van der Waals surface area contributed by atoms with Crippen molar-refractivity contribution in [2.24, 2.45) is 5.73 Å². The van der Waals surface area contributed by atoms with E-state index in [0.717, 1.165) is 0 Å². The van der Waals surface area contributed by atoms with Gasteiger partial charge in [-0.2, -0.15) is 0 Å². The minimum absolute atomic E-state index is 0.203. The summed E-state index contributed by atoms with van der Waals surface area (Å²) in [4.78, 5) is 0. The molecule has 2 nitrogen and oxygen atoms in total. The van der Waals surface area contributed by atoms with Gasteiger partial charge in [-0.25, -0.2) is 4.39 Å². The van der Waals surface area contributed by atoms with E-state index in [4.69, 9.17) is 22.4 Å². The Bertz CT molecular complexity index is 293. The van der Waals surface area contributed by atoms with Gasteiger partial charge in [0.1, 0.15) is 5.82 Å². The van der Waals surface area contributed by atoms with Gasteiger partial charge in [0, 0.05) is 5.88 Å². The number of halogens is 2. The molecule has 0 aromatic heterocycles. The SMILES string of the molecule is NC(CO)c1cc(F)cc(CCl)c1. The first kappa shape index (κ1) is 10.4. The molecular weight excluding hydrogens is 193 g/mol. The first-order valence-electron chi connectivity index (χ1n) is 3.89. The van der Waals surface area contributed by atoms with Crippen molar-refractivity contribution in [2.75, 3.05) is 6.61 Å². The van der Waals surface area contributed by atoms with Gasteiger partial charge in [0.25, 0.3) is 0 Å². The van der Waals surface area contributed by atoms with Gasteiger partial charge in [-0.05, 0) is 23.3 Å². The Balaban J connectivity index is 3.01. The highest BCUT2D eigenvalue weighted by molar-refractivity contribution is 6.17. The topological polar surface area (TPSA) is 46.2 Å². The normalized spacial score (nSPS) is 12.9. The van der Waals surface area contributed by atoms with Crippen molar-refractivity contribution in [3.63, 3.8) is 0 Å². The molecule has 0 saturated carbocycles. The van der Waals surface area contributed by atoms with Crippen LogP contribution >= 0.6 is 11.6 Å². The molecule has 0 saturated heterocycles. The molecule has 0 amide bonds. The Hall–Kier alpha value is -0.640. The Morgan fingerprint density at radius 3 is 2.69 bits per heavy atom. The Labute approximate surface area is 81.1 Å². The molecule has 13 heavy (non-hydrogen) atoms. The molecule has 4 heteroatoms. The van der Waals surface area contributed by atoms with Crippen LogP contribution < -0.4 is 5.73 Å². The van der Waals surface area contributed by atoms with E-state index in [1.54, 1.807) is 6.07 Å². The summed E-state index contributed by atoms with van der Waals surface area (Å²) in [5, 5.41) is 8.76. The maximum atomic E-state index is 12.9. The largest absolute Gasteiger partial charge is 0.394 e. The third-order valence-corrected chi connectivity index (χ3v) is 2.07. The van der Waals surface area contributed by atoms with Crippen molar-refractivity contribution in [3.05, 3.63) is 35.1 Å². The summed E-state index contributed by atoms with van der Waals surface area (Å²) >= 11 is 5.55. The number of benzene rings is 1. The molecule has 0 aliphatic rings. The average Bonchev–Trinajstić information content (AvgIpc) is 2.15. The smallest absolute Gasteiger partial charge is 0.123 e. The van der Waals surface area contributed by atoms with E-state index in [9.17, 15) is 4.39 Å². The summed E-state index contributed by atoms with van der Waals surface area (Å²) in [6.45, 7) is -0.203. The zero-order valence-electron chi connectivity index (χ0n) is 7.00. The number of aliphatic hydroxyl groups excluding tert-OH is 1. The van der Waals surface area contributed by atoms with Crippen LogP contribution in [0.3, 0.4) is 0 Å². The minimum atomic E-state index is -0.544. The lowest BCUT2D eigenvalue weighted by molar-refractivity contribution is 0.267. The lowest BCUT2D eigenvalue weighted by Gasteiger charge is -2.09. The molecule has 0 fully saturated rings. The van der Waals surface area contributed by atoms with Gasteiger partial charge in [0.15, 0.2) is 0 Å². The molecule has 1 unspecified atom stereocenters. The maximum Gasteiger partial charge on any atom is 0.123 e. The number of nitrogens with two attached hydrogens (primary N) is 1. The standard InChI is InChI=1S/C9H11ClFNO/c10-4-6-1-7(9(12)5-13)3-8(11)2-6/h1-3,9,13H,4-5,12H2. The molecule has 1 atom stereocenters. The molecule has 0 radical (unpaired) electrons. The summed E-state index contributed by atoms with van der Waals surface area (Å²) in [7, 11) is 0. The highest BCUT2D eigenvalue weighted by Crippen LogP contribution is 2.16. The molecule has 3 N–H and O–H groups in total. The fourth-order valence-electron chi connectivity index (χ4n) is 1.07. The van der Waals surface area contributed by atoms with Gasteiger partial charge in [0.05, 0.1) is 12.6 Å². The monoisotopic (exact) mass is 203 g/mol. The van der Waals surface area contributed by atoms with E-state index in [2.05, 4.69) is 0 Å². The number of rotatable bonds is 3. The summed E-state index contributed by atoms with van der Waals surface area (Å²) in [6, 6.07) is 3.80. The number of hydrogen-bond donors (Lipinski definition) is 2. The second kappa shape index (κ2) is 4.56. The van der Waals surface area contributed by atoms with Crippen LogP contribution in [0, 0.1) is 5.82 Å². The summed E-state index contributed by atoms with van der Waals surface area (Å²) in [5.41, 5.74) is 6.76. The number of alkyl halides is 1. The summed E-state index contributed by atoms with van der Waals surface area (Å²) in [6.07, 6.45) is 0. The van der Waals surface area contributed by atoms with Gasteiger partial charge >= 0.3 is 0 Å². The average molecular weight is 204 g/mol. The zero-order chi connectivity index (χ0) is 9.84. The zero-order valence-corrected chi connectivity index (χ0v) is 7.76. The second-order valence-electron chi connectivity index (χ2n) is 2.82. The third kappa shape index (κ3) is 2.66. The van der Waals surface area contributed by atoms with Crippen molar-refractivity contribution < 1.29 is 9.50 Å². The molecule has 1 rings (SSSR count). The lowest BCUT2D eigenvalue weighted by Crippen LogP contribution is -2.14. The summed E-state index contributed by atoms with van der Waals surface area (Å²) < 4.78 is 12.9. The Kier molecular flexibility index (Phi) is 3.66. The first-order chi connectivity index (χ1) is 6.17. The molecule has 0 aliphatic heterocycles. The van der Waals surface area contributed by atoms with E-state index < -0.39 is 6.04 Å². The third-order valence-electron chi connectivity index (χ3n) is 1.76. The van der Waals surface area contributed by atoms with Crippen LogP contribution in [-0.4, -0.2) is 11.7 Å². The van der Waals surface area contributed by atoms with Gasteiger partial charge in [-0.3, -0.25) is 0 Å². The number of hydrogen-bond acceptors (Lipinski definition) is 2. The molecular formula is C9H11ClFNO. The second-order valence-corrected chi connectivity index (χ2v) is 3.08. The Morgan fingerprint density at radius 2 is 2.15 bits per heavy atom. The lowest BCUT2D eigenvalue weighted by atomic mass is 10.1. The van der Waals surface area contributed by atoms with E-state index in [1.165, 1.54) is 12.1 Å². The Morgan fingerprint density at radius 1 is 1.46 bits per heavy atom. The summed E-state index contributed by atoms with van der Waals surface area (Å²) in [5.74, 6) is -0.139. The first-order valence-corrected chi connectivity index (χ1v) is 4.42. The maximum absolute atomic E-state index is 12.9. The molecule has 0 aliphatic carbocycles. The van der Waals surface area contributed by atoms with E-state index in [1.807, 2.05) is 0 Å². The van der Waals surface area contributed by atoms with Gasteiger partial charge in [0.2, 0.25) is 0 Å². The molecule has 72 valence electrons. The molecule has 0 spiro atoms. The predicted octanol–water partition coefficient (Wildman–Crippen LogP) is 1.56. The molecule has 0 bridgehead atoms. The van der Waals surface area contributed by atoms with Crippen LogP contribution in [0.1, 0.15) is 17.2 Å². The van der Waals surface area contributed by atoms with Crippen molar-refractivity contribution in [2.45, 2.75) is 11.9 Å². The van der Waals surface area contributed by atoms with E-state index >= 15 is 0 Å². The van der Waals surface area contributed by atoms with Crippen molar-refractivity contribution in [1.82, 2.24) is 0 Å². The fourth-order valence-corrected chi connectivity index (χ4v) is 1.23. The fraction of sp³-hybridized carbons (Fsp3) is 0.333. The van der Waals surface area contributed by atoms with Gasteiger partial charge < -0.3 is 10.8 Å². The van der Waals surface area contributed by atoms with Crippen LogP contribution in [0.5, 0.6) is 0 Å². The van der Waals surface area contributed by atoms with Crippen LogP contribution in [0.25, 0.3) is 0 Å². The van der Waals surface area contributed by atoms with Crippen LogP contribution in [0.4, 0.5) is 4.39 Å². The van der Waals surface area contributed by atoms with Crippen molar-refractivity contribution >= 4 is 11.6 Å². The predicted molar refractivity (Wildman–Crippen MR) is 50.0 cm³/mol. The van der Waals surface area contributed by atoms with Crippen molar-refractivity contribution in [3.8, 4) is 0 Å². The van der Waals surface area contributed by atoms with Gasteiger partial charge in [-0.1, -0.05) is 6.07 Å². The van der Waals surface area contributed by atoms with E-state index in [0.29, 0.717) is 11.1 Å². The van der Waals surface area contributed by atoms with Gasteiger partial charge in [-0.15, -0.1) is 11.6 Å². The van der Waals surface area contributed by atoms with E-state index in [-0.39, 0.29) is 18.3 Å². The molecule has 1 aromatic rings. The van der Waals surface area contributed by atoms with Crippen LogP contribution in [0.15, 0.2) is 18.2 Å². The van der Waals surface area contributed by atoms with Crippen LogP contribution in [-0.2, 0) is 5.88 Å². The van der Waals surface area contributed by atoms with Crippen molar-refractivity contribution in [1.29, 1.82) is 0 Å². The number of aliphatic hydroxyl groups is 1. The molecule has 0 heterocycles. The molecule has 1 aromatic carbocycles. The minimum Gasteiger partial charge on any atom is -0.394 e. The highest BCUT2D eigenvalue weighted by atomic mass is 35.5.